The Kier molecular flexibility index (Phi) is 5.24. The van der Waals surface area contributed by atoms with Crippen molar-refractivity contribution in [2.75, 3.05) is 26.2 Å². The molecule has 2 rings (SSSR count). The van der Waals surface area contributed by atoms with Crippen LogP contribution in [0.3, 0.4) is 0 Å². The second-order valence-corrected chi connectivity index (χ2v) is 5.66. The van der Waals surface area contributed by atoms with Crippen LogP contribution >= 0.6 is 0 Å². The second kappa shape index (κ2) is 6.96. The first-order valence-corrected chi connectivity index (χ1v) is 7.88. The van der Waals surface area contributed by atoms with Gasteiger partial charge in [-0.1, -0.05) is 6.92 Å². The zero-order valence-electron chi connectivity index (χ0n) is 13.8. The summed E-state index contributed by atoms with van der Waals surface area (Å²) in [7, 11) is 0. The molecule has 0 aliphatic carbocycles. The van der Waals surface area contributed by atoms with Crippen LogP contribution in [-0.2, 0) is 4.74 Å². The van der Waals surface area contributed by atoms with Crippen molar-refractivity contribution in [3.63, 3.8) is 0 Å². The molecule has 0 aromatic carbocycles. The molecule has 0 unspecified atom stereocenters. The Morgan fingerprint density at radius 1 is 1.32 bits per heavy atom. The van der Waals surface area contributed by atoms with Gasteiger partial charge in [0.1, 0.15) is 5.69 Å². The largest absolute Gasteiger partial charge is 0.462 e. The van der Waals surface area contributed by atoms with Crippen LogP contribution in [0.1, 0.15) is 52.4 Å². The highest BCUT2D eigenvalue weighted by molar-refractivity contribution is 6.00. The minimum Gasteiger partial charge on any atom is -0.462 e. The molecule has 1 fully saturated rings. The smallest absolute Gasteiger partial charge is 0.340 e. The lowest BCUT2D eigenvalue weighted by atomic mass is 10.1. The van der Waals surface area contributed by atoms with E-state index in [1.54, 1.807) is 20.8 Å². The number of amides is 1. The summed E-state index contributed by atoms with van der Waals surface area (Å²) in [6, 6.07) is 0.332. The number of piperazine rings is 1. The molecule has 2 N–H and O–H groups in total. The van der Waals surface area contributed by atoms with Gasteiger partial charge in [0.05, 0.1) is 12.2 Å². The molecule has 22 heavy (non-hydrogen) atoms. The predicted octanol–water partition coefficient (Wildman–Crippen LogP) is 1.63. The molecule has 1 aliphatic heterocycles. The number of esters is 1. The van der Waals surface area contributed by atoms with Gasteiger partial charge in [0.25, 0.3) is 5.91 Å². The first-order chi connectivity index (χ1) is 10.5. The van der Waals surface area contributed by atoms with Crippen molar-refractivity contribution in [1.82, 2.24) is 15.2 Å². The van der Waals surface area contributed by atoms with Crippen molar-refractivity contribution < 1.29 is 14.3 Å². The fourth-order valence-electron chi connectivity index (χ4n) is 2.91. The van der Waals surface area contributed by atoms with Crippen molar-refractivity contribution in [1.29, 1.82) is 0 Å². The lowest BCUT2D eigenvalue weighted by molar-refractivity contribution is 0.0525. The highest BCUT2D eigenvalue weighted by atomic mass is 16.5. The van der Waals surface area contributed by atoms with Crippen LogP contribution in [-0.4, -0.2) is 54.0 Å². The first kappa shape index (κ1) is 16.5. The summed E-state index contributed by atoms with van der Waals surface area (Å²) in [5.41, 5.74) is 2.33. The summed E-state index contributed by atoms with van der Waals surface area (Å²) in [5, 5.41) is 3.39. The molecule has 0 radical (unpaired) electrons. The number of rotatable bonds is 4. The fourth-order valence-corrected chi connectivity index (χ4v) is 2.91. The maximum Gasteiger partial charge on any atom is 0.340 e. The van der Waals surface area contributed by atoms with E-state index in [2.05, 4.69) is 17.2 Å². The van der Waals surface area contributed by atoms with Crippen LogP contribution in [0.15, 0.2) is 0 Å². The normalized spacial score (nSPS) is 18.4. The monoisotopic (exact) mass is 307 g/mol. The van der Waals surface area contributed by atoms with Gasteiger partial charge in [-0.3, -0.25) is 4.79 Å². The SMILES string of the molecule is CCOC(=O)c1c(C)[nH]c(C(=O)N2CCN[C@H](CC)C2)c1C. The van der Waals surface area contributed by atoms with E-state index in [1.807, 2.05) is 4.90 Å². The molecule has 122 valence electrons. The third-order valence-corrected chi connectivity index (χ3v) is 4.17. The van der Waals surface area contributed by atoms with Gasteiger partial charge in [0.15, 0.2) is 0 Å². The van der Waals surface area contributed by atoms with Gasteiger partial charge in [0.2, 0.25) is 0 Å². The third-order valence-electron chi connectivity index (χ3n) is 4.17. The van der Waals surface area contributed by atoms with E-state index in [0.717, 1.165) is 13.0 Å². The molecule has 1 aliphatic rings. The maximum atomic E-state index is 12.7. The topological polar surface area (TPSA) is 74.4 Å². The Morgan fingerprint density at radius 3 is 2.68 bits per heavy atom. The molecule has 1 aromatic rings. The summed E-state index contributed by atoms with van der Waals surface area (Å²) in [5.74, 6) is -0.421. The number of aryl methyl sites for hydroxylation is 1. The lowest BCUT2D eigenvalue weighted by Gasteiger charge is -2.33. The number of ether oxygens (including phenoxy) is 1. The number of carbonyl (C=O) groups excluding carboxylic acids is 2. The minimum absolute atomic E-state index is 0.0453. The number of hydrogen-bond acceptors (Lipinski definition) is 4. The van der Waals surface area contributed by atoms with E-state index in [0.29, 0.717) is 48.3 Å². The summed E-state index contributed by atoms with van der Waals surface area (Å²) < 4.78 is 5.07. The number of hydrogen-bond donors (Lipinski definition) is 2. The van der Waals surface area contributed by atoms with Crippen molar-refractivity contribution in [2.45, 2.75) is 40.2 Å². The van der Waals surface area contributed by atoms with Crippen LogP contribution in [0, 0.1) is 13.8 Å². The number of nitrogens with zero attached hydrogens (tertiary/aromatic N) is 1. The van der Waals surface area contributed by atoms with Crippen molar-refractivity contribution in [3.8, 4) is 0 Å². The maximum absolute atomic E-state index is 12.7. The Balaban J connectivity index is 2.23. The fraction of sp³-hybridized carbons (Fsp3) is 0.625. The van der Waals surface area contributed by atoms with E-state index >= 15 is 0 Å². The summed E-state index contributed by atoms with van der Waals surface area (Å²) >= 11 is 0. The van der Waals surface area contributed by atoms with Gasteiger partial charge in [0, 0.05) is 31.4 Å². The van der Waals surface area contributed by atoms with E-state index in [4.69, 9.17) is 4.74 Å². The average molecular weight is 307 g/mol. The number of nitrogens with one attached hydrogen (secondary N) is 2. The van der Waals surface area contributed by atoms with Gasteiger partial charge in [-0.25, -0.2) is 4.79 Å². The molecule has 0 saturated carbocycles. The van der Waals surface area contributed by atoms with Gasteiger partial charge < -0.3 is 19.9 Å². The second-order valence-electron chi connectivity index (χ2n) is 5.66. The third kappa shape index (κ3) is 3.16. The Hall–Kier alpha value is -1.82. The van der Waals surface area contributed by atoms with E-state index in [9.17, 15) is 9.59 Å². The first-order valence-electron chi connectivity index (χ1n) is 7.88. The van der Waals surface area contributed by atoms with Crippen LogP contribution in [0.5, 0.6) is 0 Å². The molecular formula is C16H25N3O3. The Labute approximate surface area is 131 Å². The molecule has 1 amide bonds. The Morgan fingerprint density at radius 2 is 2.05 bits per heavy atom. The average Bonchev–Trinajstić information content (AvgIpc) is 2.81. The number of H-pyrrole nitrogens is 1. The molecule has 1 aromatic heterocycles. The molecule has 6 nitrogen and oxygen atoms in total. The lowest BCUT2D eigenvalue weighted by Crippen LogP contribution is -2.52. The molecular weight excluding hydrogens is 282 g/mol. The molecule has 0 spiro atoms. The van der Waals surface area contributed by atoms with E-state index < -0.39 is 0 Å². The molecule has 2 heterocycles. The number of aromatic nitrogens is 1. The van der Waals surface area contributed by atoms with Crippen LogP contribution in [0.2, 0.25) is 0 Å². The number of aromatic amines is 1. The summed E-state index contributed by atoms with van der Waals surface area (Å²) in [6.45, 7) is 9.96. The summed E-state index contributed by atoms with van der Waals surface area (Å²) in [4.78, 5) is 29.7. The molecule has 1 atom stereocenters. The number of carbonyl (C=O) groups is 2. The van der Waals surface area contributed by atoms with Gasteiger partial charge >= 0.3 is 5.97 Å². The van der Waals surface area contributed by atoms with Crippen molar-refractivity contribution in [3.05, 3.63) is 22.5 Å². The summed E-state index contributed by atoms with van der Waals surface area (Å²) in [6.07, 6.45) is 0.987. The standard InChI is InChI=1S/C16H25N3O3/c1-5-12-9-19(8-7-17-12)15(20)14-10(3)13(11(4)18-14)16(21)22-6-2/h12,17-18H,5-9H2,1-4H3/t12-/m1/s1. The molecule has 0 bridgehead atoms. The van der Waals surface area contributed by atoms with Crippen molar-refractivity contribution >= 4 is 11.9 Å². The minimum atomic E-state index is -0.375. The highest BCUT2D eigenvalue weighted by Gasteiger charge is 2.28. The van der Waals surface area contributed by atoms with Crippen molar-refractivity contribution in [2.24, 2.45) is 0 Å². The quantitative estimate of drug-likeness (QED) is 0.829. The highest BCUT2D eigenvalue weighted by Crippen LogP contribution is 2.21. The van der Waals surface area contributed by atoms with E-state index in [1.165, 1.54) is 0 Å². The van der Waals surface area contributed by atoms with Crippen LogP contribution in [0.4, 0.5) is 0 Å². The van der Waals surface area contributed by atoms with Gasteiger partial charge in [-0.05, 0) is 32.8 Å². The van der Waals surface area contributed by atoms with Crippen LogP contribution < -0.4 is 5.32 Å². The molecule has 1 saturated heterocycles. The zero-order valence-corrected chi connectivity index (χ0v) is 13.8. The zero-order chi connectivity index (χ0) is 16.3. The molecule has 6 heteroatoms. The van der Waals surface area contributed by atoms with Crippen LogP contribution in [0.25, 0.3) is 0 Å². The van der Waals surface area contributed by atoms with Gasteiger partial charge in [-0.15, -0.1) is 0 Å². The van der Waals surface area contributed by atoms with Gasteiger partial charge in [-0.2, -0.15) is 0 Å². The predicted molar refractivity (Wildman–Crippen MR) is 84.2 cm³/mol. The Bertz CT molecular complexity index is 565. The van der Waals surface area contributed by atoms with E-state index in [-0.39, 0.29) is 11.9 Å².